The number of H-pyrrole nitrogens is 1. The number of fused-ring (bicyclic) bond motifs is 4. The second-order valence-corrected chi connectivity index (χ2v) is 8.03. The molecule has 154 valence electrons. The van der Waals surface area contributed by atoms with Crippen molar-refractivity contribution in [2.45, 2.75) is 24.9 Å². The molecule has 0 radical (unpaired) electrons. The van der Waals surface area contributed by atoms with Crippen LogP contribution in [0, 0.1) is 6.92 Å². The van der Waals surface area contributed by atoms with Gasteiger partial charge in [-0.15, -0.1) is 0 Å². The monoisotopic (exact) mass is 412 g/mol. The van der Waals surface area contributed by atoms with Gasteiger partial charge in [-0.2, -0.15) is 0 Å². The van der Waals surface area contributed by atoms with Gasteiger partial charge in [0.15, 0.2) is 0 Å². The summed E-state index contributed by atoms with van der Waals surface area (Å²) in [4.78, 5) is 24.1. The molecule has 2 aliphatic rings. The van der Waals surface area contributed by atoms with E-state index < -0.39 is 0 Å². The highest BCUT2D eigenvalue weighted by Gasteiger charge is 2.61. The smallest absolute Gasteiger partial charge is 0.269 e. The van der Waals surface area contributed by atoms with Crippen LogP contribution < -0.4 is 14.8 Å². The number of carbonyl (C=O) groups excluding carboxylic acids is 1. The van der Waals surface area contributed by atoms with Crippen molar-refractivity contribution in [2.24, 2.45) is 0 Å². The summed E-state index contributed by atoms with van der Waals surface area (Å²) >= 11 is 0. The zero-order valence-corrected chi connectivity index (χ0v) is 17.0. The number of aromatic amines is 1. The van der Waals surface area contributed by atoms with Crippen molar-refractivity contribution >= 4 is 16.9 Å². The molecule has 3 atom stereocenters. The van der Waals surface area contributed by atoms with E-state index in [4.69, 9.17) is 14.5 Å². The lowest BCUT2D eigenvalue weighted by molar-refractivity contribution is 0.0958. The Morgan fingerprint density at radius 1 is 1.10 bits per heavy atom. The van der Waals surface area contributed by atoms with Crippen molar-refractivity contribution in [1.29, 1.82) is 0 Å². The van der Waals surface area contributed by atoms with Gasteiger partial charge in [0.1, 0.15) is 34.9 Å². The van der Waals surface area contributed by atoms with Crippen molar-refractivity contribution in [3.05, 3.63) is 77.4 Å². The molecule has 6 rings (SSSR count). The van der Waals surface area contributed by atoms with Gasteiger partial charge < -0.3 is 19.8 Å². The van der Waals surface area contributed by atoms with Gasteiger partial charge in [-0.1, -0.05) is 6.07 Å². The zero-order chi connectivity index (χ0) is 21.1. The van der Waals surface area contributed by atoms with Crippen molar-refractivity contribution < 1.29 is 14.3 Å². The predicted molar refractivity (Wildman–Crippen MR) is 115 cm³/mol. The Hall–Kier alpha value is -3.87. The van der Waals surface area contributed by atoms with Crippen LogP contribution in [-0.2, 0) is 0 Å². The highest BCUT2D eigenvalue weighted by Crippen LogP contribution is 2.63. The fraction of sp³-hybridized carbons (Fsp3) is 0.208. The minimum absolute atomic E-state index is 0.104. The van der Waals surface area contributed by atoms with Crippen LogP contribution in [0.3, 0.4) is 0 Å². The van der Waals surface area contributed by atoms with Crippen molar-refractivity contribution in [3.8, 4) is 17.2 Å². The predicted octanol–water partition coefficient (Wildman–Crippen LogP) is 4.06. The third-order valence-electron chi connectivity index (χ3n) is 5.96. The van der Waals surface area contributed by atoms with E-state index in [2.05, 4.69) is 34.3 Å². The van der Waals surface area contributed by atoms with E-state index in [0.29, 0.717) is 17.2 Å². The van der Waals surface area contributed by atoms with E-state index >= 15 is 0 Å². The van der Waals surface area contributed by atoms with Crippen LogP contribution in [0.4, 0.5) is 0 Å². The number of aromatic nitrogens is 3. The quantitative estimate of drug-likeness (QED) is 0.528. The fourth-order valence-electron chi connectivity index (χ4n) is 4.39. The summed E-state index contributed by atoms with van der Waals surface area (Å²) in [5.41, 5.74) is 4.68. The number of rotatable bonds is 4. The summed E-state index contributed by atoms with van der Waals surface area (Å²) in [6, 6.07) is 15.4. The summed E-state index contributed by atoms with van der Waals surface area (Å²) in [5, 5.41) is 2.57. The van der Waals surface area contributed by atoms with E-state index in [0.717, 1.165) is 28.2 Å². The number of nitrogens with one attached hydrogen (secondary N) is 2. The standard InChI is InChI=1S/C24H20N4O3/c1-12-3-5-16-17(9-12)28-23(27-16)21-20-15-10-13(4-6-19(15)31-22(20)21)30-14-7-8-26-18(11-14)24(29)25-2/h3-11,20-22H,1-2H3,(H,25,29)(H,27,28). The van der Waals surface area contributed by atoms with Gasteiger partial charge in [-0.05, 0) is 48.9 Å². The molecule has 3 heterocycles. The molecule has 31 heavy (non-hydrogen) atoms. The first-order valence-corrected chi connectivity index (χ1v) is 10.2. The number of imidazole rings is 1. The number of hydrogen-bond donors (Lipinski definition) is 2. The normalized spacial score (nSPS) is 20.6. The molecule has 1 fully saturated rings. The Labute approximate surface area is 178 Å². The van der Waals surface area contributed by atoms with Gasteiger partial charge in [-0.3, -0.25) is 9.78 Å². The molecule has 1 amide bonds. The highest BCUT2D eigenvalue weighted by atomic mass is 16.5. The summed E-state index contributed by atoms with van der Waals surface area (Å²) in [6.07, 6.45) is 1.67. The van der Waals surface area contributed by atoms with Crippen LogP contribution in [0.15, 0.2) is 54.7 Å². The summed E-state index contributed by atoms with van der Waals surface area (Å²) in [5.74, 6) is 3.35. The number of benzene rings is 2. The fourth-order valence-corrected chi connectivity index (χ4v) is 4.39. The molecule has 2 N–H and O–H groups in total. The van der Waals surface area contributed by atoms with Crippen LogP contribution >= 0.6 is 0 Å². The maximum absolute atomic E-state index is 11.8. The molecule has 1 aliphatic heterocycles. The Morgan fingerprint density at radius 2 is 1.97 bits per heavy atom. The van der Waals surface area contributed by atoms with Gasteiger partial charge in [0, 0.05) is 30.8 Å². The topological polar surface area (TPSA) is 89.1 Å². The Morgan fingerprint density at radius 3 is 2.84 bits per heavy atom. The van der Waals surface area contributed by atoms with Crippen LogP contribution in [0.5, 0.6) is 17.2 Å². The summed E-state index contributed by atoms with van der Waals surface area (Å²) in [6.45, 7) is 2.08. The molecule has 1 saturated carbocycles. The number of nitrogens with zero attached hydrogens (tertiary/aromatic N) is 2. The van der Waals surface area contributed by atoms with Gasteiger partial charge in [0.2, 0.25) is 0 Å². The van der Waals surface area contributed by atoms with Crippen LogP contribution in [-0.4, -0.2) is 34.0 Å². The number of hydrogen-bond acceptors (Lipinski definition) is 5. The maximum Gasteiger partial charge on any atom is 0.269 e. The van der Waals surface area contributed by atoms with Gasteiger partial charge in [0.05, 0.1) is 17.0 Å². The number of pyridine rings is 1. The third-order valence-corrected chi connectivity index (χ3v) is 5.96. The summed E-state index contributed by atoms with van der Waals surface area (Å²) in [7, 11) is 1.57. The lowest BCUT2D eigenvalue weighted by Crippen LogP contribution is -2.18. The zero-order valence-electron chi connectivity index (χ0n) is 17.0. The van der Waals surface area contributed by atoms with Crippen LogP contribution in [0.25, 0.3) is 11.0 Å². The minimum atomic E-state index is -0.252. The number of carbonyl (C=O) groups is 1. The molecular formula is C24H20N4O3. The van der Waals surface area contributed by atoms with Crippen LogP contribution in [0.2, 0.25) is 0 Å². The van der Waals surface area contributed by atoms with E-state index in [1.807, 2.05) is 24.3 Å². The first-order chi connectivity index (χ1) is 15.1. The second kappa shape index (κ2) is 6.57. The number of ether oxygens (including phenoxy) is 2. The molecule has 0 saturated heterocycles. The van der Waals surface area contributed by atoms with Crippen molar-refractivity contribution in [2.75, 3.05) is 7.05 Å². The summed E-state index contributed by atoms with van der Waals surface area (Å²) < 4.78 is 12.2. The average molecular weight is 412 g/mol. The number of aryl methyl sites for hydroxylation is 1. The Kier molecular flexibility index (Phi) is 3.80. The molecule has 7 nitrogen and oxygen atoms in total. The molecule has 3 unspecified atom stereocenters. The first kappa shape index (κ1) is 17.9. The van der Waals surface area contributed by atoms with E-state index in [1.54, 1.807) is 25.4 Å². The Bertz CT molecular complexity index is 1350. The molecule has 0 spiro atoms. The van der Waals surface area contributed by atoms with Crippen molar-refractivity contribution in [3.63, 3.8) is 0 Å². The first-order valence-electron chi connectivity index (χ1n) is 10.2. The second-order valence-electron chi connectivity index (χ2n) is 8.03. The van der Waals surface area contributed by atoms with Crippen molar-refractivity contribution in [1.82, 2.24) is 20.3 Å². The molecule has 7 heteroatoms. The van der Waals surface area contributed by atoms with E-state index in [-0.39, 0.29) is 23.8 Å². The SMILES string of the molecule is CNC(=O)c1cc(Oc2ccc3c(c2)C2C(O3)C2c2nc3ccc(C)cc3[nH]2)ccn1. The molecular weight excluding hydrogens is 392 g/mol. The van der Waals surface area contributed by atoms with E-state index in [9.17, 15) is 4.79 Å². The highest BCUT2D eigenvalue weighted by molar-refractivity contribution is 5.92. The molecule has 4 aromatic rings. The van der Waals surface area contributed by atoms with Gasteiger partial charge >= 0.3 is 0 Å². The minimum Gasteiger partial charge on any atom is -0.489 e. The maximum atomic E-state index is 11.8. The average Bonchev–Trinajstić information content (AvgIpc) is 3.13. The lowest BCUT2D eigenvalue weighted by Gasteiger charge is -2.11. The van der Waals surface area contributed by atoms with Gasteiger partial charge in [0.25, 0.3) is 5.91 Å². The molecule has 1 aliphatic carbocycles. The largest absolute Gasteiger partial charge is 0.489 e. The third kappa shape index (κ3) is 2.92. The van der Waals surface area contributed by atoms with Gasteiger partial charge in [-0.25, -0.2) is 4.98 Å². The molecule has 2 aromatic heterocycles. The molecule has 0 bridgehead atoms. The Balaban J connectivity index is 1.26. The van der Waals surface area contributed by atoms with E-state index in [1.165, 1.54) is 5.56 Å². The van der Waals surface area contributed by atoms with Crippen LogP contribution in [0.1, 0.15) is 39.3 Å². The molecule has 2 aromatic carbocycles. The number of amides is 1. The lowest BCUT2D eigenvalue weighted by atomic mass is 10.1.